The minimum absolute atomic E-state index is 0.291. The third-order valence-corrected chi connectivity index (χ3v) is 13.2. The number of hydrogen-bond acceptors (Lipinski definition) is 6. The van der Waals surface area contributed by atoms with Crippen LogP contribution >= 0.6 is 12.8 Å². The van der Waals surface area contributed by atoms with E-state index in [1.165, 1.54) is 16.3 Å². The van der Waals surface area contributed by atoms with Crippen LogP contribution in [0.1, 0.15) is 16.8 Å². The van der Waals surface area contributed by atoms with E-state index in [2.05, 4.69) is 165 Å². The van der Waals surface area contributed by atoms with Crippen LogP contribution < -0.4 is 0 Å². The largest absolute Gasteiger partial charge is 0.456 e. The summed E-state index contributed by atoms with van der Waals surface area (Å²) in [6.45, 7) is 0. The van der Waals surface area contributed by atoms with E-state index in [9.17, 15) is 5.41 Å². The Morgan fingerprint density at radius 1 is 0.515 bits per heavy atom. The number of nitrogens with one attached hydrogen (secondary N) is 1. The Labute approximate surface area is 384 Å². The Morgan fingerprint density at radius 3 is 2.03 bits per heavy atom. The molecule has 0 atom stereocenters. The number of nitrogens with zero attached hydrogens (tertiary/aromatic N) is 5. The van der Waals surface area contributed by atoms with Crippen molar-refractivity contribution in [3.8, 4) is 45.1 Å². The second kappa shape index (κ2) is 15.0. The van der Waals surface area contributed by atoms with Crippen LogP contribution in [0, 0.1) is 5.41 Å². The topological polar surface area (TPSA) is 85.0 Å². The number of para-hydroxylation sites is 3. The molecule has 8 heteroatoms. The molecule has 66 heavy (non-hydrogen) atoms. The molecule has 310 valence electrons. The molecule has 0 aliphatic heterocycles. The van der Waals surface area contributed by atoms with Gasteiger partial charge in [0, 0.05) is 55.5 Å². The quantitative estimate of drug-likeness (QED) is 0.163. The van der Waals surface area contributed by atoms with E-state index in [1.54, 1.807) is 6.20 Å². The Kier molecular flexibility index (Phi) is 8.62. The van der Waals surface area contributed by atoms with Crippen molar-refractivity contribution < 1.29 is 4.42 Å². The minimum atomic E-state index is 0.291. The molecular weight excluding hydrogens is 829 g/mol. The van der Waals surface area contributed by atoms with Crippen LogP contribution in [0.5, 0.6) is 0 Å². The smallest absolute Gasteiger partial charge is 0.161 e. The van der Waals surface area contributed by atoms with Crippen molar-refractivity contribution in [3.05, 3.63) is 217 Å². The van der Waals surface area contributed by atoms with Gasteiger partial charge in [0.15, 0.2) is 5.82 Å². The van der Waals surface area contributed by atoms with Crippen molar-refractivity contribution >= 4 is 90.5 Å². The molecule has 0 radical (unpaired) electrons. The van der Waals surface area contributed by atoms with E-state index < -0.39 is 0 Å². The average molecular weight is 865 g/mol. The number of hydrogen-bond donors (Lipinski definition) is 2. The minimum Gasteiger partial charge on any atom is -0.456 e. The summed E-state index contributed by atoms with van der Waals surface area (Å²) in [7, 11) is 0. The lowest BCUT2D eigenvalue weighted by molar-refractivity contribution is 0.669. The van der Waals surface area contributed by atoms with Crippen LogP contribution in [0.4, 0.5) is 0 Å². The molecule has 1 aliphatic rings. The summed E-state index contributed by atoms with van der Waals surface area (Å²) >= 11 is 4.58. The molecule has 0 spiro atoms. The van der Waals surface area contributed by atoms with Crippen molar-refractivity contribution in [2.45, 2.75) is 0 Å². The molecule has 13 rings (SSSR count). The zero-order chi connectivity index (χ0) is 43.9. The van der Waals surface area contributed by atoms with E-state index in [1.807, 2.05) is 66.7 Å². The highest BCUT2D eigenvalue weighted by molar-refractivity contribution is 7.79. The number of furan rings is 1. The molecule has 12 aromatic rings. The predicted octanol–water partition coefficient (Wildman–Crippen LogP) is 14.6. The zero-order valence-electron chi connectivity index (χ0n) is 35.2. The molecule has 0 saturated carbocycles. The summed E-state index contributed by atoms with van der Waals surface area (Å²) in [6.07, 6.45) is 3.91. The van der Waals surface area contributed by atoms with Gasteiger partial charge in [-0.2, -0.15) is 0 Å². The van der Waals surface area contributed by atoms with E-state index in [0.717, 1.165) is 94.3 Å². The molecule has 0 amide bonds. The molecular formula is C58H36N6OS. The first-order valence-corrected chi connectivity index (χ1v) is 22.2. The lowest BCUT2D eigenvalue weighted by Crippen LogP contribution is -2.21. The van der Waals surface area contributed by atoms with Gasteiger partial charge in [-0.3, -0.25) is 9.98 Å². The fourth-order valence-electron chi connectivity index (χ4n) is 9.96. The highest BCUT2D eigenvalue weighted by atomic mass is 32.1. The SMILES string of the molecule is N=C1C(c2ccc(-c3ccc4c5ccccc5n(-c5ccccc5)c4c3)cc2)=Cc2c(c3cc(-c4cccc5oc6ccccc6c45)ccc3n2-c2ccnc(-c3ccccc3)n2)C1=NS. The zero-order valence-corrected chi connectivity index (χ0v) is 36.1. The van der Waals surface area contributed by atoms with Gasteiger partial charge < -0.3 is 8.98 Å². The van der Waals surface area contributed by atoms with Gasteiger partial charge >= 0.3 is 0 Å². The third-order valence-electron chi connectivity index (χ3n) is 13.0. The summed E-state index contributed by atoms with van der Waals surface area (Å²) in [5.74, 6) is 1.32. The Hall–Kier alpha value is -8.59. The highest BCUT2D eigenvalue weighted by Gasteiger charge is 2.31. The van der Waals surface area contributed by atoms with Gasteiger partial charge in [0.05, 0.1) is 28.0 Å². The van der Waals surface area contributed by atoms with Crippen LogP contribution in [-0.4, -0.2) is 30.5 Å². The Morgan fingerprint density at radius 2 is 1.20 bits per heavy atom. The number of thiol groups is 1. The first-order chi connectivity index (χ1) is 32.6. The highest BCUT2D eigenvalue weighted by Crippen LogP contribution is 2.43. The van der Waals surface area contributed by atoms with Crippen molar-refractivity contribution in [1.29, 1.82) is 5.41 Å². The molecule has 0 unspecified atom stereocenters. The summed E-state index contributed by atoms with van der Waals surface area (Å²) in [5, 5.41) is 15.2. The molecule has 7 nitrogen and oxygen atoms in total. The van der Waals surface area contributed by atoms with Gasteiger partial charge in [-0.05, 0) is 101 Å². The van der Waals surface area contributed by atoms with E-state index in [0.29, 0.717) is 23.1 Å². The van der Waals surface area contributed by atoms with Gasteiger partial charge in [0.25, 0.3) is 0 Å². The molecule has 4 aromatic heterocycles. The van der Waals surface area contributed by atoms with Crippen molar-refractivity contribution in [3.63, 3.8) is 0 Å². The number of rotatable bonds is 6. The van der Waals surface area contributed by atoms with Crippen LogP contribution in [0.3, 0.4) is 0 Å². The van der Waals surface area contributed by atoms with Crippen molar-refractivity contribution in [1.82, 2.24) is 19.1 Å². The van der Waals surface area contributed by atoms with E-state index in [-0.39, 0.29) is 0 Å². The predicted molar refractivity (Wildman–Crippen MR) is 274 cm³/mol. The van der Waals surface area contributed by atoms with Gasteiger partial charge in [-0.25, -0.2) is 14.4 Å². The average Bonchev–Trinajstić information content (AvgIpc) is 4.04. The second-order valence-electron chi connectivity index (χ2n) is 16.6. The van der Waals surface area contributed by atoms with E-state index in [4.69, 9.17) is 9.40 Å². The lowest BCUT2D eigenvalue weighted by Gasteiger charge is -2.19. The Bertz CT molecular complexity index is 4010. The number of aromatic nitrogens is 4. The molecule has 0 saturated heterocycles. The van der Waals surface area contributed by atoms with Gasteiger partial charge in [0.2, 0.25) is 0 Å². The maximum atomic E-state index is 9.77. The first-order valence-electron chi connectivity index (χ1n) is 21.8. The maximum Gasteiger partial charge on any atom is 0.161 e. The summed E-state index contributed by atoms with van der Waals surface area (Å²) in [6, 6.07) is 67.1. The van der Waals surface area contributed by atoms with Gasteiger partial charge in [0.1, 0.15) is 22.7 Å². The normalized spacial score (nSPS) is 13.4. The molecule has 1 aliphatic carbocycles. The number of fused-ring (bicyclic) bond motifs is 9. The monoisotopic (exact) mass is 864 g/mol. The second-order valence-corrected chi connectivity index (χ2v) is 16.8. The van der Waals surface area contributed by atoms with Crippen LogP contribution in [-0.2, 0) is 0 Å². The fourth-order valence-corrected chi connectivity index (χ4v) is 10.2. The van der Waals surface area contributed by atoms with Gasteiger partial charge in [-0.1, -0.05) is 140 Å². The summed E-state index contributed by atoms with van der Waals surface area (Å²) < 4.78 is 15.4. The number of allylic oxidation sites excluding steroid dienone is 1. The Balaban J connectivity index is 0.977. The van der Waals surface area contributed by atoms with Crippen LogP contribution in [0.15, 0.2) is 209 Å². The van der Waals surface area contributed by atoms with Crippen LogP contribution in [0.25, 0.3) is 111 Å². The molecule has 1 N–H and O–H groups in total. The molecule has 0 fully saturated rings. The number of benzene rings is 8. The fraction of sp³-hybridized carbons (Fsp3) is 0. The van der Waals surface area contributed by atoms with Gasteiger partial charge in [-0.15, -0.1) is 0 Å². The molecule has 0 bridgehead atoms. The van der Waals surface area contributed by atoms with Crippen molar-refractivity contribution in [2.75, 3.05) is 0 Å². The lowest BCUT2D eigenvalue weighted by atomic mass is 9.86. The first kappa shape index (κ1) is 37.9. The van der Waals surface area contributed by atoms with E-state index >= 15 is 0 Å². The molecule has 4 heterocycles. The maximum absolute atomic E-state index is 9.77. The summed E-state index contributed by atoms with van der Waals surface area (Å²) in [5.41, 5.74) is 15.3. The third kappa shape index (κ3) is 5.85. The standard InChI is InChI=1S/C58H36N6OS/c59-56-45(36-24-22-35(23-25-36)38-26-28-43-42-16-7-9-19-47(42)63(49(43)33-38)40-14-5-2-6-15-40)34-50-55(57(56)62-66)46-32-39(41-18-11-21-52-54(41)44-17-8-10-20-51(44)65-52)27-29-48(46)64(50)53-30-31-60-58(61-53)37-12-3-1-4-13-37/h1-34,59,66H. The van der Waals surface area contributed by atoms with Crippen LogP contribution in [0.2, 0.25) is 0 Å². The summed E-state index contributed by atoms with van der Waals surface area (Å²) in [4.78, 5) is 9.84. The molecule has 8 aromatic carbocycles. The van der Waals surface area contributed by atoms with Crippen molar-refractivity contribution in [2.24, 2.45) is 4.40 Å².